The lowest BCUT2D eigenvalue weighted by Gasteiger charge is -2.16. The van der Waals surface area contributed by atoms with Crippen molar-refractivity contribution in [2.24, 2.45) is 0 Å². The van der Waals surface area contributed by atoms with Gasteiger partial charge in [0, 0.05) is 43.4 Å². The van der Waals surface area contributed by atoms with E-state index in [1.54, 1.807) is 0 Å². The van der Waals surface area contributed by atoms with Crippen molar-refractivity contribution in [3.05, 3.63) is 224 Å². The predicted molar refractivity (Wildman–Crippen MR) is 285 cm³/mol. The van der Waals surface area contributed by atoms with Crippen molar-refractivity contribution in [3.63, 3.8) is 0 Å². The number of rotatable bonds is 5. The average Bonchev–Trinajstić information content (AvgIpc) is 4.07. The van der Waals surface area contributed by atoms with E-state index in [0.29, 0.717) is 17.6 Å². The molecule has 6 nitrogen and oxygen atoms in total. The first-order chi connectivity index (χ1) is 34.2. The summed E-state index contributed by atoms with van der Waals surface area (Å²) in [5.74, 6) is 1.64. The number of hydrogen-bond donors (Lipinski definition) is 0. The summed E-state index contributed by atoms with van der Waals surface area (Å²) in [5.41, 5.74) is 10.9. The van der Waals surface area contributed by atoms with Crippen molar-refractivity contribution in [3.8, 4) is 45.5 Å². The normalized spacial score (nSPS) is 12.1. The lowest BCUT2D eigenvalue weighted by atomic mass is 9.92. The number of para-hydroxylation sites is 5. The first-order valence-corrected chi connectivity index (χ1v) is 23.4. The van der Waals surface area contributed by atoms with Crippen LogP contribution in [0.1, 0.15) is 0 Å². The van der Waals surface area contributed by atoms with Gasteiger partial charge >= 0.3 is 0 Å². The molecule has 6 heteroatoms. The van der Waals surface area contributed by atoms with Gasteiger partial charge in [-0.3, -0.25) is 4.57 Å². The highest BCUT2D eigenvalue weighted by atomic mass is 16.3. The highest BCUT2D eigenvalue weighted by molar-refractivity contribution is 6.26. The number of fused-ring (bicyclic) bond motifs is 15. The van der Waals surface area contributed by atoms with Crippen LogP contribution in [0.4, 0.5) is 0 Å². The monoisotopic (exact) mass is 879 g/mol. The minimum absolute atomic E-state index is 0.525. The topological polar surface area (TPSA) is 61.7 Å². The third kappa shape index (κ3) is 5.57. The Kier molecular flexibility index (Phi) is 7.97. The van der Waals surface area contributed by atoms with E-state index < -0.39 is 0 Å². The van der Waals surface area contributed by atoms with Crippen LogP contribution in [-0.2, 0) is 0 Å². The molecule has 0 N–H and O–H groups in total. The fourth-order valence-electron chi connectivity index (χ4n) is 11.1. The molecule has 0 fully saturated rings. The van der Waals surface area contributed by atoms with Crippen molar-refractivity contribution >= 4 is 97.9 Å². The Balaban J connectivity index is 1.000. The lowest BCUT2D eigenvalue weighted by Crippen LogP contribution is -2.06. The Labute approximate surface area is 394 Å². The van der Waals surface area contributed by atoms with Crippen molar-refractivity contribution in [1.82, 2.24) is 24.1 Å². The summed E-state index contributed by atoms with van der Waals surface area (Å²) >= 11 is 0. The Bertz CT molecular complexity index is 4580. The minimum atomic E-state index is 0.525. The molecule has 0 unspecified atom stereocenters. The van der Waals surface area contributed by atoms with E-state index in [4.69, 9.17) is 19.4 Å². The zero-order valence-corrected chi connectivity index (χ0v) is 37.0. The van der Waals surface area contributed by atoms with E-state index in [2.05, 4.69) is 191 Å². The molecule has 0 atom stereocenters. The zero-order valence-electron chi connectivity index (χ0n) is 37.0. The van der Waals surface area contributed by atoms with Crippen molar-refractivity contribution in [1.29, 1.82) is 0 Å². The summed E-state index contributed by atoms with van der Waals surface area (Å²) in [6, 6.07) is 80.0. The maximum absolute atomic E-state index is 6.58. The molecule has 15 aromatic rings. The predicted octanol–water partition coefficient (Wildman–Crippen LogP) is 16.4. The molecule has 0 bridgehead atoms. The Morgan fingerprint density at radius 2 is 0.826 bits per heavy atom. The molecule has 320 valence electrons. The highest BCUT2D eigenvalue weighted by Gasteiger charge is 2.23. The molecule has 0 amide bonds. The summed E-state index contributed by atoms with van der Waals surface area (Å²) in [6.45, 7) is 0. The standard InChI is InChI=1S/C63H37N5O/c1-2-17-38(18-3-1)61-64-62(50-28-16-27-49-48-26-11-15-32-59(48)69-60(49)50)66-63(65-61)68-56-31-14-10-25-47(56)53-36-52-46-24-9-13-30-55(46)67(57(52)37-58(53)68)54-29-12-8-19-40(54)39-33-34-45-43-22-5-4-20-41(43)42-21-6-7-23-44(42)51(45)35-39/h1-37H. The van der Waals surface area contributed by atoms with E-state index in [-0.39, 0.29) is 0 Å². The number of aromatic nitrogens is 5. The van der Waals surface area contributed by atoms with E-state index in [0.717, 1.165) is 82.7 Å². The van der Waals surface area contributed by atoms with E-state index >= 15 is 0 Å². The van der Waals surface area contributed by atoms with E-state index in [9.17, 15) is 0 Å². The van der Waals surface area contributed by atoms with Crippen LogP contribution >= 0.6 is 0 Å². The minimum Gasteiger partial charge on any atom is -0.455 e. The fourth-order valence-corrected chi connectivity index (χ4v) is 11.1. The Hall–Kier alpha value is -9.39. The molecule has 69 heavy (non-hydrogen) atoms. The van der Waals surface area contributed by atoms with Gasteiger partial charge < -0.3 is 8.98 Å². The molecule has 0 saturated heterocycles. The summed E-state index contributed by atoms with van der Waals surface area (Å²) in [5, 5.41) is 14.2. The number of nitrogens with zero attached hydrogens (tertiary/aromatic N) is 5. The van der Waals surface area contributed by atoms with E-state index in [1.165, 1.54) is 43.1 Å². The molecule has 11 aromatic carbocycles. The van der Waals surface area contributed by atoms with Gasteiger partial charge in [-0.05, 0) is 86.4 Å². The first-order valence-electron chi connectivity index (χ1n) is 23.4. The molecule has 4 aromatic heterocycles. The second kappa shape index (κ2) is 14.6. The summed E-state index contributed by atoms with van der Waals surface area (Å²) in [6.07, 6.45) is 0. The quantitative estimate of drug-likeness (QED) is 0.162. The van der Waals surface area contributed by atoms with Gasteiger partial charge in [-0.25, -0.2) is 4.98 Å². The van der Waals surface area contributed by atoms with Crippen LogP contribution in [0.25, 0.3) is 143 Å². The third-order valence-corrected chi connectivity index (χ3v) is 14.2. The van der Waals surface area contributed by atoms with Crippen molar-refractivity contribution in [2.75, 3.05) is 0 Å². The lowest BCUT2D eigenvalue weighted by molar-refractivity contribution is 0.669. The van der Waals surface area contributed by atoms with Gasteiger partial charge in [-0.2, -0.15) is 9.97 Å². The molecular formula is C63H37N5O. The van der Waals surface area contributed by atoms with Crippen LogP contribution in [-0.4, -0.2) is 24.1 Å². The molecule has 0 radical (unpaired) electrons. The summed E-state index contributed by atoms with van der Waals surface area (Å²) < 4.78 is 11.2. The summed E-state index contributed by atoms with van der Waals surface area (Å²) in [4.78, 5) is 15.9. The SMILES string of the molecule is c1ccc(-c2nc(-c3cccc4c3oc3ccccc34)nc(-n3c4ccccc4c4cc5c6ccccc6n(-c6ccccc6-c6ccc7c8ccccc8c8ccccc8c7c6)c5cc43)n2)cc1. The fraction of sp³-hybridized carbons (Fsp3) is 0. The maximum atomic E-state index is 6.58. The van der Waals surface area contributed by atoms with Gasteiger partial charge in [0.1, 0.15) is 11.2 Å². The second-order valence-corrected chi connectivity index (χ2v) is 17.9. The Morgan fingerprint density at radius 1 is 0.290 bits per heavy atom. The van der Waals surface area contributed by atoms with Gasteiger partial charge in [0.15, 0.2) is 11.6 Å². The van der Waals surface area contributed by atoms with Crippen LogP contribution in [0.3, 0.4) is 0 Å². The number of hydrogen-bond acceptors (Lipinski definition) is 4. The molecule has 4 heterocycles. The molecular weight excluding hydrogens is 843 g/mol. The van der Waals surface area contributed by atoms with Crippen molar-refractivity contribution in [2.45, 2.75) is 0 Å². The average molecular weight is 880 g/mol. The van der Waals surface area contributed by atoms with Gasteiger partial charge in [0.05, 0.1) is 33.3 Å². The zero-order chi connectivity index (χ0) is 45.2. The number of benzene rings is 11. The molecule has 0 saturated carbocycles. The smallest absolute Gasteiger partial charge is 0.238 e. The van der Waals surface area contributed by atoms with Crippen LogP contribution < -0.4 is 0 Å². The second-order valence-electron chi connectivity index (χ2n) is 17.9. The van der Waals surface area contributed by atoms with Gasteiger partial charge in [-0.15, -0.1) is 0 Å². The van der Waals surface area contributed by atoms with Crippen LogP contribution in [0.5, 0.6) is 0 Å². The molecule has 15 rings (SSSR count). The highest BCUT2D eigenvalue weighted by Crippen LogP contribution is 2.43. The summed E-state index contributed by atoms with van der Waals surface area (Å²) in [7, 11) is 0. The van der Waals surface area contributed by atoms with E-state index in [1.807, 2.05) is 42.5 Å². The molecule has 0 spiro atoms. The third-order valence-electron chi connectivity index (χ3n) is 14.2. The molecule has 0 aliphatic heterocycles. The first kappa shape index (κ1) is 37.8. The molecule has 0 aliphatic carbocycles. The van der Waals surface area contributed by atoms with Crippen LogP contribution in [0.15, 0.2) is 229 Å². The van der Waals surface area contributed by atoms with Gasteiger partial charge in [0.25, 0.3) is 0 Å². The largest absolute Gasteiger partial charge is 0.455 e. The van der Waals surface area contributed by atoms with Crippen molar-refractivity contribution < 1.29 is 4.42 Å². The maximum Gasteiger partial charge on any atom is 0.238 e. The Morgan fingerprint density at radius 3 is 1.57 bits per heavy atom. The van der Waals surface area contributed by atoms with Gasteiger partial charge in [-0.1, -0.05) is 176 Å². The van der Waals surface area contributed by atoms with Crippen LogP contribution in [0.2, 0.25) is 0 Å². The molecule has 0 aliphatic rings. The number of furan rings is 1. The van der Waals surface area contributed by atoms with Crippen LogP contribution in [0, 0.1) is 0 Å². The van der Waals surface area contributed by atoms with Gasteiger partial charge in [0.2, 0.25) is 5.95 Å².